The molecule has 3 aliphatic heterocycles. The number of hydrogen-bond donors (Lipinski definition) is 0. The van der Waals surface area contributed by atoms with Crippen molar-refractivity contribution in [3.63, 3.8) is 0 Å². The molecule has 0 radical (unpaired) electrons. The first kappa shape index (κ1) is 30.9. The number of amides is 2. The lowest BCUT2D eigenvalue weighted by Gasteiger charge is -2.29. The highest BCUT2D eigenvalue weighted by Crippen LogP contribution is 2.49. The Kier molecular flexibility index (Phi) is 9.80. The van der Waals surface area contributed by atoms with Gasteiger partial charge in [-0.15, -0.1) is 0 Å². The van der Waals surface area contributed by atoms with E-state index in [1.807, 2.05) is 23.1 Å². The van der Waals surface area contributed by atoms with Crippen molar-refractivity contribution in [1.29, 1.82) is 0 Å². The quantitative estimate of drug-likeness (QED) is 0.235. The summed E-state index contributed by atoms with van der Waals surface area (Å²) in [6, 6.07) is 12.8. The Morgan fingerprint density at radius 2 is 1.89 bits per heavy atom. The molecule has 238 valence electrons. The van der Waals surface area contributed by atoms with Gasteiger partial charge < -0.3 is 19.3 Å². The summed E-state index contributed by atoms with van der Waals surface area (Å²) < 4.78 is 11.8. The predicted octanol–water partition coefficient (Wildman–Crippen LogP) is 6.95. The zero-order chi connectivity index (χ0) is 30.6. The fraction of sp³-hybridized carbons (Fsp3) is 0.622. The summed E-state index contributed by atoms with van der Waals surface area (Å²) >= 11 is 0. The summed E-state index contributed by atoms with van der Waals surface area (Å²) in [6.07, 6.45) is 9.87. The third kappa shape index (κ3) is 6.78. The molecular formula is C37H51N3O4. The average Bonchev–Trinajstić information content (AvgIpc) is 3.70. The van der Waals surface area contributed by atoms with Gasteiger partial charge in [0.25, 0.3) is 5.91 Å². The minimum atomic E-state index is 0.134. The smallest absolute Gasteiger partial charge is 0.254 e. The third-order valence-electron chi connectivity index (χ3n) is 10.4. The number of carbonyl (C=O) groups is 2. The van der Waals surface area contributed by atoms with Gasteiger partial charge in [-0.3, -0.25) is 14.5 Å². The summed E-state index contributed by atoms with van der Waals surface area (Å²) in [5.41, 5.74) is 4.57. The number of hydrogen-bond acceptors (Lipinski definition) is 5. The van der Waals surface area contributed by atoms with Crippen LogP contribution < -0.4 is 9.47 Å². The minimum Gasteiger partial charge on any atom is -0.454 e. The maximum absolute atomic E-state index is 13.9. The summed E-state index contributed by atoms with van der Waals surface area (Å²) in [4.78, 5) is 33.5. The second kappa shape index (κ2) is 13.9. The maximum atomic E-state index is 13.9. The molecular weight excluding hydrogens is 550 g/mol. The van der Waals surface area contributed by atoms with E-state index in [1.54, 1.807) is 0 Å². The first-order valence-electron chi connectivity index (χ1n) is 17.2. The largest absolute Gasteiger partial charge is 0.454 e. The fourth-order valence-corrected chi connectivity index (χ4v) is 7.51. The Balaban J connectivity index is 1.19. The lowest BCUT2D eigenvalue weighted by atomic mass is 9.78. The van der Waals surface area contributed by atoms with E-state index in [1.165, 1.54) is 30.4 Å². The molecule has 7 heteroatoms. The van der Waals surface area contributed by atoms with Crippen molar-refractivity contribution < 1.29 is 19.1 Å². The zero-order valence-corrected chi connectivity index (χ0v) is 27.1. The van der Waals surface area contributed by atoms with Gasteiger partial charge in [-0.25, -0.2) is 0 Å². The molecule has 7 nitrogen and oxygen atoms in total. The molecule has 2 amide bonds. The number of unbranched alkanes of at least 4 members (excludes halogenated alkanes) is 1. The van der Waals surface area contributed by atoms with Gasteiger partial charge in [-0.1, -0.05) is 57.9 Å². The lowest BCUT2D eigenvalue weighted by molar-refractivity contribution is -0.133. The SMILES string of the molecule is CCCCN(CCCC(C)C)C(=O)CN1C[C@H](c2cc3c(c(C4CCC4)c2)OCO3)C[C@@H]1CCN1Cc2ccccc2C1=O. The van der Waals surface area contributed by atoms with Gasteiger partial charge in [0.05, 0.1) is 6.54 Å². The van der Waals surface area contributed by atoms with Crippen molar-refractivity contribution in [2.45, 2.75) is 103 Å². The van der Waals surface area contributed by atoms with Gasteiger partial charge in [0.1, 0.15) is 0 Å². The molecule has 0 N–H and O–H groups in total. The van der Waals surface area contributed by atoms with Crippen LogP contribution >= 0.6 is 0 Å². The molecule has 1 saturated carbocycles. The number of carbonyl (C=O) groups excluding carboxylic acids is 2. The van der Waals surface area contributed by atoms with Crippen LogP contribution in [-0.2, 0) is 11.3 Å². The highest BCUT2D eigenvalue weighted by molar-refractivity contribution is 5.98. The molecule has 0 aromatic heterocycles. The van der Waals surface area contributed by atoms with Crippen molar-refractivity contribution in [2.75, 3.05) is 39.5 Å². The topological polar surface area (TPSA) is 62.3 Å². The van der Waals surface area contributed by atoms with Crippen molar-refractivity contribution in [3.05, 3.63) is 58.7 Å². The van der Waals surface area contributed by atoms with Crippen LogP contribution in [0, 0.1) is 5.92 Å². The summed E-state index contributed by atoms with van der Waals surface area (Å²) in [7, 11) is 0. The van der Waals surface area contributed by atoms with Crippen LogP contribution in [0.4, 0.5) is 0 Å². The third-order valence-corrected chi connectivity index (χ3v) is 10.4. The molecule has 1 aliphatic carbocycles. The molecule has 2 aromatic rings. The van der Waals surface area contributed by atoms with E-state index in [9.17, 15) is 9.59 Å². The van der Waals surface area contributed by atoms with Gasteiger partial charge in [0.15, 0.2) is 11.5 Å². The van der Waals surface area contributed by atoms with Crippen LogP contribution in [0.25, 0.3) is 0 Å². The molecule has 0 bridgehead atoms. The number of rotatable bonds is 14. The fourth-order valence-electron chi connectivity index (χ4n) is 7.51. The molecule has 4 aliphatic rings. The maximum Gasteiger partial charge on any atom is 0.254 e. The van der Waals surface area contributed by atoms with Gasteiger partial charge in [0, 0.05) is 49.9 Å². The van der Waals surface area contributed by atoms with Crippen LogP contribution in [-0.4, -0.2) is 72.1 Å². The van der Waals surface area contributed by atoms with Crippen molar-refractivity contribution in [1.82, 2.24) is 14.7 Å². The summed E-state index contributed by atoms with van der Waals surface area (Å²) in [6.45, 7) is 11.3. The van der Waals surface area contributed by atoms with Crippen LogP contribution in [0.5, 0.6) is 11.5 Å². The molecule has 2 aromatic carbocycles. The number of fused-ring (bicyclic) bond motifs is 2. The zero-order valence-electron chi connectivity index (χ0n) is 27.1. The predicted molar refractivity (Wildman–Crippen MR) is 173 cm³/mol. The molecule has 2 atom stereocenters. The first-order valence-corrected chi connectivity index (χ1v) is 17.2. The Bertz CT molecular complexity index is 1320. The second-order valence-corrected chi connectivity index (χ2v) is 13.9. The molecule has 3 heterocycles. The van der Waals surface area contributed by atoms with Crippen LogP contribution in [0.3, 0.4) is 0 Å². The Morgan fingerprint density at radius 3 is 2.64 bits per heavy atom. The Morgan fingerprint density at radius 1 is 1.07 bits per heavy atom. The van der Waals surface area contributed by atoms with Crippen molar-refractivity contribution in [3.8, 4) is 11.5 Å². The van der Waals surface area contributed by atoms with E-state index in [2.05, 4.69) is 48.8 Å². The standard InChI is InChI=1S/C37H51N3O4/c1-4-5-16-38(17-9-10-26(2)3)35(41)24-40-23-30(29-20-33(27-12-8-13-27)36-34(21-29)43-25-44-36)19-31(40)15-18-39-22-28-11-6-7-14-32(28)37(39)42/h6-7,11,14,20-21,26-27,30-31H,4-5,8-10,12-13,15-19,22-25H2,1-3H3/t30-,31+/m1/s1. The highest BCUT2D eigenvalue weighted by Gasteiger charge is 2.38. The van der Waals surface area contributed by atoms with Crippen LogP contribution in [0.1, 0.15) is 117 Å². The molecule has 6 rings (SSSR count). The van der Waals surface area contributed by atoms with Crippen molar-refractivity contribution in [2.24, 2.45) is 5.92 Å². The molecule has 1 saturated heterocycles. The second-order valence-electron chi connectivity index (χ2n) is 13.9. The van der Waals surface area contributed by atoms with E-state index >= 15 is 0 Å². The summed E-state index contributed by atoms with van der Waals surface area (Å²) in [5.74, 6) is 3.73. The highest BCUT2D eigenvalue weighted by atomic mass is 16.7. The minimum absolute atomic E-state index is 0.134. The van der Waals surface area contributed by atoms with Crippen LogP contribution in [0.15, 0.2) is 36.4 Å². The van der Waals surface area contributed by atoms with Gasteiger partial charge in [0.2, 0.25) is 12.7 Å². The average molecular weight is 602 g/mol. The Labute approximate surface area is 263 Å². The number of benzene rings is 2. The number of likely N-dealkylation sites (tertiary alicyclic amines) is 1. The van der Waals surface area contributed by atoms with Crippen LogP contribution in [0.2, 0.25) is 0 Å². The lowest BCUT2D eigenvalue weighted by Crippen LogP contribution is -2.44. The van der Waals surface area contributed by atoms with E-state index in [0.717, 1.165) is 80.8 Å². The Hall–Kier alpha value is -3.06. The number of nitrogens with zero attached hydrogens (tertiary/aromatic N) is 3. The van der Waals surface area contributed by atoms with Crippen molar-refractivity contribution >= 4 is 11.8 Å². The van der Waals surface area contributed by atoms with Gasteiger partial charge in [-0.05, 0) is 86.0 Å². The molecule has 0 spiro atoms. The molecule has 2 fully saturated rings. The van der Waals surface area contributed by atoms with E-state index in [-0.39, 0.29) is 17.9 Å². The van der Waals surface area contributed by atoms with Gasteiger partial charge in [-0.2, -0.15) is 0 Å². The molecule has 0 unspecified atom stereocenters. The molecule has 44 heavy (non-hydrogen) atoms. The normalized spacial score (nSPS) is 21.3. The van der Waals surface area contributed by atoms with E-state index in [0.29, 0.717) is 44.2 Å². The monoisotopic (exact) mass is 601 g/mol. The number of ether oxygens (including phenoxy) is 2. The van der Waals surface area contributed by atoms with E-state index in [4.69, 9.17) is 9.47 Å². The summed E-state index contributed by atoms with van der Waals surface area (Å²) in [5, 5.41) is 0. The first-order chi connectivity index (χ1) is 21.4. The van der Waals surface area contributed by atoms with Gasteiger partial charge >= 0.3 is 0 Å². The van der Waals surface area contributed by atoms with E-state index < -0.39 is 0 Å².